The zero-order chi connectivity index (χ0) is 32.7. The molecule has 5 aromatic rings. The second-order valence-electron chi connectivity index (χ2n) is 12.0. The molecule has 0 amide bonds. The molecule has 1 aliphatic heterocycles. The van der Waals surface area contributed by atoms with Gasteiger partial charge in [0.05, 0.1) is 48.6 Å². The van der Waals surface area contributed by atoms with Crippen molar-refractivity contribution < 1.29 is 14.2 Å². The lowest BCUT2D eigenvalue weighted by atomic mass is 9.90. The summed E-state index contributed by atoms with van der Waals surface area (Å²) >= 11 is 8.08. The summed E-state index contributed by atoms with van der Waals surface area (Å²) in [5, 5.41) is 23.0. The van der Waals surface area contributed by atoms with Gasteiger partial charge in [-0.3, -0.25) is 9.58 Å². The Labute approximate surface area is 287 Å². The summed E-state index contributed by atoms with van der Waals surface area (Å²) in [6.07, 6.45) is 13.9. The van der Waals surface area contributed by atoms with Gasteiger partial charge < -0.3 is 19.5 Å². The second-order valence-corrected chi connectivity index (χ2v) is 13.4. The lowest BCUT2D eigenvalue weighted by Crippen LogP contribution is -2.45. The van der Waals surface area contributed by atoms with E-state index in [0.717, 1.165) is 73.8 Å². The van der Waals surface area contributed by atoms with Gasteiger partial charge in [0.25, 0.3) is 5.88 Å². The Balaban J connectivity index is 1.03. The minimum atomic E-state index is -0.206. The highest BCUT2D eigenvalue weighted by molar-refractivity contribution is 7.09. The summed E-state index contributed by atoms with van der Waals surface area (Å²) in [5.74, 6) is 1.53. The predicted octanol–water partition coefficient (Wildman–Crippen LogP) is 5.09. The van der Waals surface area contributed by atoms with Gasteiger partial charge in [0.15, 0.2) is 0 Å². The molecule has 14 nitrogen and oxygen atoms in total. The molecule has 5 heterocycles. The van der Waals surface area contributed by atoms with Gasteiger partial charge in [-0.15, -0.1) is 21.5 Å². The molecule has 4 aromatic heterocycles. The van der Waals surface area contributed by atoms with Crippen molar-refractivity contribution in [2.75, 3.05) is 38.2 Å². The van der Waals surface area contributed by atoms with Crippen LogP contribution in [0.2, 0.25) is 5.02 Å². The van der Waals surface area contributed by atoms with Gasteiger partial charge in [0, 0.05) is 55.1 Å². The molecule has 1 aromatic carbocycles. The molecule has 16 heteroatoms. The minimum absolute atomic E-state index is 0.206. The molecule has 1 N–H and O–H groups in total. The Morgan fingerprint density at radius 1 is 1.06 bits per heavy atom. The van der Waals surface area contributed by atoms with Crippen LogP contribution in [0.25, 0.3) is 11.1 Å². The van der Waals surface area contributed by atoms with Gasteiger partial charge >= 0.3 is 0 Å². The largest absolute Gasteiger partial charge is 0.487 e. The third kappa shape index (κ3) is 8.09. The van der Waals surface area contributed by atoms with Gasteiger partial charge in [-0.2, -0.15) is 0 Å². The summed E-state index contributed by atoms with van der Waals surface area (Å²) < 4.78 is 21.5. The standard InChI is InChI=1S/C32H38ClN11O3S/c1-22(19-43-21-37-40-41-43)47-29-16-23(2-7-27(29)33)24-17-35-32(36-18-24)38-28-20-44(39-31(28)46-12-8-30-34-9-15-48-30)26-5-3-25(4-6-26)42-10-13-45-14-11-42/h2,7,9,15-18,20-22,25-26H,3-6,8,10-14,19H2,1H3,(H,35,36,38)/t22-,25-,26-/m0/s1. The lowest BCUT2D eigenvalue weighted by Gasteiger charge is -2.38. The molecular weight excluding hydrogens is 654 g/mol. The molecule has 1 saturated heterocycles. The second kappa shape index (κ2) is 15.4. The van der Waals surface area contributed by atoms with E-state index in [0.29, 0.717) is 54.3 Å². The average Bonchev–Trinajstić information content (AvgIpc) is 3.91. The van der Waals surface area contributed by atoms with Crippen LogP contribution in [-0.2, 0) is 17.7 Å². The number of thiazole rings is 1. The number of hydrogen-bond acceptors (Lipinski definition) is 13. The highest BCUT2D eigenvalue weighted by Crippen LogP contribution is 2.35. The number of benzene rings is 1. The highest BCUT2D eigenvalue weighted by Gasteiger charge is 2.29. The van der Waals surface area contributed by atoms with Crippen molar-refractivity contribution in [3.8, 4) is 22.8 Å². The van der Waals surface area contributed by atoms with Crippen molar-refractivity contribution in [1.82, 2.24) is 49.8 Å². The van der Waals surface area contributed by atoms with E-state index in [4.69, 9.17) is 30.9 Å². The molecule has 1 saturated carbocycles. The summed E-state index contributed by atoms with van der Waals surface area (Å²) in [6.45, 7) is 6.60. The molecular formula is C32H38ClN11O3S. The Kier molecular flexibility index (Phi) is 10.4. The average molecular weight is 692 g/mol. The van der Waals surface area contributed by atoms with Gasteiger partial charge in [-0.05, 0) is 60.7 Å². The van der Waals surface area contributed by atoms with Gasteiger partial charge in [0.1, 0.15) is 23.9 Å². The maximum Gasteiger partial charge on any atom is 0.256 e. The number of nitrogens with zero attached hydrogens (tertiary/aromatic N) is 10. The smallest absolute Gasteiger partial charge is 0.256 e. The Morgan fingerprint density at radius 3 is 2.62 bits per heavy atom. The van der Waals surface area contributed by atoms with Crippen molar-refractivity contribution in [3.63, 3.8) is 0 Å². The first-order valence-electron chi connectivity index (χ1n) is 16.3. The first-order valence-corrected chi connectivity index (χ1v) is 17.5. The number of aromatic nitrogens is 9. The molecule has 1 atom stereocenters. The quantitative estimate of drug-likeness (QED) is 0.176. The van der Waals surface area contributed by atoms with Crippen molar-refractivity contribution in [1.29, 1.82) is 0 Å². The topological polar surface area (TPSA) is 143 Å². The molecule has 2 aliphatic rings. The SMILES string of the molecule is C[C@@H](Cn1cnnn1)Oc1cc(-c2cnc(Nc3cn([C@H]4CC[C@H](N5CCOCC5)CC4)nc3OCCc3nccs3)nc2)ccc1Cl. The number of ether oxygens (including phenoxy) is 3. The van der Waals surface area contributed by atoms with E-state index in [2.05, 4.69) is 45.4 Å². The van der Waals surface area contributed by atoms with Crippen LogP contribution in [0.15, 0.2) is 54.7 Å². The first kappa shape index (κ1) is 32.4. The number of anilines is 2. The maximum absolute atomic E-state index is 6.46. The third-order valence-corrected chi connectivity index (χ3v) is 9.82. The van der Waals surface area contributed by atoms with E-state index in [1.165, 1.54) is 0 Å². The summed E-state index contributed by atoms with van der Waals surface area (Å²) in [7, 11) is 0. The fourth-order valence-electron chi connectivity index (χ4n) is 6.21. The van der Waals surface area contributed by atoms with Gasteiger partial charge in [-0.25, -0.2) is 19.6 Å². The summed E-state index contributed by atoms with van der Waals surface area (Å²) in [4.78, 5) is 16.2. The molecule has 1 aliphatic carbocycles. The van der Waals surface area contributed by atoms with E-state index in [-0.39, 0.29) is 6.10 Å². The number of halogens is 1. The van der Waals surface area contributed by atoms with Crippen LogP contribution in [0.5, 0.6) is 11.6 Å². The number of hydrogen-bond donors (Lipinski definition) is 1. The van der Waals surface area contributed by atoms with Crippen molar-refractivity contribution in [2.45, 2.75) is 63.8 Å². The van der Waals surface area contributed by atoms with Gasteiger partial charge in [0.2, 0.25) is 5.95 Å². The molecule has 0 radical (unpaired) electrons. The number of nitrogens with one attached hydrogen (secondary N) is 1. The monoisotopic (exact) mass is 691 g/mol. The maximum atomic E-state index is 6.46. The fourth-order valence-corrected chi connectivity index (χ4v) is 6.98. The van der Waals surface area contributed by atoms with Crippen LogP contribution in [-0.4, -0.2) is 94.9 Å². The summed E-state index contributed by atoms with van der Waals surface area (Å²) in [5.41, 5.74) is 2.43. The van der Waals surface area contributed by atoms with Crippen LogP contribution in [0.3, 0.4) is 0 Å². The minimum Gasteiger partial charge on any atom is -0.487 e. The molecule has 7 rings (SSSR count). The molecule has 48 heavy (non-hydrogen) atoms. The summed E-state index contributed by atoms with van der Waals surface area (Å²) in [6, 6.07) is 6.53. The zero-order valence-corrected chi connectivity index (χ0v) is 28.3. The van der Waals surface area contributed by atoms with Crippen molar-refractivity contribution in [2.24, 2.45) is 0 Å². The van der Waals surface area contributed by atoms with E-state index in [1.54, 1.807) is 40.8 Å². The van der Waals surface area contributed by atoms with Crippen LogP contribution >= 0.6 is 22.9 Å². The van der Waals surface area contributed by atoms with E-state index in [1.807, 2.05) is 36.8 Å². The van der Waals surface area contributed by atoms with Crippen LogP contribution in [0.1, 0.15) is 43.7 Å². The van der Waals surface area contributed by atoms with Crippen molar-refractivity contribution >= 4 is 34.6 Å². The van der Waals surface area contributed by atoms with Crippen LogP contribution in [0.4, 0.5) is 11.6 Å². The van der Waals surface area contributed by atoms with E-state index >= 15 is 0 Å². The normalized spacial score (nSPS) is 19.2. The van der Waals surface area contributed by atoms with Gasteiger partial charge in [-0.1, -0.05) is 17.7 Å². The number of morpholine rings is 1. The molecule has 2 fully saturated rings. The Morgan fingerprint density at radius 2 is 1.88 bits per heavy atom. The number of tetrazole rings is 1. The van der Waals surface area contributed by atoms with E-state index in [9.17, 15) is 0 Å². The lowest BCUT2D eigenvalue weighted by molar-refractivity contribution is 0.00503. The van der Waals surface area contributed by atoms with Crippen molar-refractivity contribution in [3.05, 3.63) is 64.7 Å². The molecule has 0 unspecified atom stereocenters. The fraction of sp³-hybridized carbons (Fsp3) is 0.469. The third-order valence-electron chi connectivity index (χ3n) is 8.67. The Bertz CT molecular complexity index is 1720. The molecule has 0 spiro atoms. The van der Waals surface area contributed by atoms with Crippen LogP contribution in [0, 0.1) is 0 Å². The van der Waals surface area contributed by atoms with E-state index < -0.39 is 0 Å². The zero-order valence-electron chi connectivity index (χ0n) is 26.7. The molecule has 0 bridgehead atoms. The first-order chi connectivity index (χ1) is 23.6. The number of rotatable bonds is 13. The van der Waals surface area contributed by atoms with Crippen LogP contribution < -0.4 is 14.8 Å². The molecule has 252 valence electrons. The highest BCUT2D eigenvalue weighted by atomic mass is 35.5. The predicted molar refractivity (Wildman–Crippen MR) is 181 cm³/mol. The Hall–Kier alpha value is -4.18.